The summed E-state index contributed by atoms with van der Waals surface area (Å²) < 4.78 is 5.72. The molecule has 100 valence electrons. The lowest BCUT2D eigenvalue weighted by atomic mass is 10.2. The molecule has 1 aromatic carbocycles. The second-order valence-electron chi connectivity index (χ2n) is 4.13. The van der Waals surface area contributed by atoms with E-state index < -0.39 is 0 Å². The molecule has 0 saturated carbocycles. The van der Waals surface area contributed by atoms with Crippen LogP contribution in [-0.2, 0) is 0 Å². The monoisotopic (exact) mass is 251 g/mol. The number of anilines is 1. The molecule has 4 N–H and O–H groups in total. The van der Waals surface area contributed by atoms with Gasteiger partial charge in [-0.3, -0.25) is 0 Å². The third kappa shape index (κ3) is 4.95. The zero-order chi connectivity index (χ0) is 13.4. The molecular formula is C13H21N3O2. The fraction of sp³-hybridized carbons (Fsp3) is 0.462. The van der Waals surface area contributed by atoms with E-state index in [2.05, 4.69) is 17.4 Å². The van der Waals surface area contributed by atoms with Crippen molar-refractivity contribution in [2.24, 2.45) is 10.9 Å². The Morgan fingerprint density at radius 2 is 2.33 bits per heavy atom. The van der Waals surface area contributed by atoms with Crippen molar-refractivity contribution in [2.75, 3.05) is 11.9 Å². The number of nitrogens with zero attached hydrogens (tertiary/aromatic N) is 1. The van der Waals surface area contributed by atoms with Crippen molar-refractivity contribution in [3.63, 3.8) is 0 Å². The van der Waals surface area contributed by atoms with E-state index in [0.29, 0.717) is 13.0 Å². The Labute approximate surface area is 108 Å². The van der Waals surface area contributed by atoms with Crippen molar-refractivity contribution in [3.05, 3.63) is 24.3 Å². The number of rotatable bonds is 7. The van der Waals surface area contributed by atoms with Crippen LogP contribution in [-0.4, -0.2) is 23.7 Å². The molecular weight excluding hydrogens is 230 g/mol. The van der Waals surface area contributed by atoms with Crippen molar-refractivity contribution < 1.29 is 9.94 Å². The zero-order valence-corrected chi connectivity index (χ0v) is 10.9. The molecule has 1 unspecified atom stereocenters. The molecule has 0 bridgehead atoms. The van der Waals surface area contributed by atoms with Crippen LogP contribution in [0, 0.1) is 0 Å². The molecule has 0 aliphatic heterocycles. The molecule has 1 atom stereocenters. The van der Waals surface area contributed by atoms with Crippen molar-refractivity contribution >= 4 is 11.5 Å². The number of benzene rings is 1. The van der Waals surface area contributed by atoms with Crippen molar-refractivity contribution in [3.8, 4) is 5.75 Å². The summed E-state index contributed by atoms with van der Waals surface area (Å²) in [7, 11) is 0. The van der Waals surface area contributed by atoms with E-state index >= 15 is 0 Å². The van der Waals surface area contributed by atoms with Gasteiger partial charge in [0.15, 0.2) is 0 Å². The predicted molar refractivity (Wildman–Crippen MR) is 73.3 cm³/mol. The molecule has 0 saturated heterocycles. The van der Waals surface area contributed by atoms with Crippen molar-refractivity contribution in [1.29, 1.82) is 0 Å². The molecule has 0 fully saturated rings. The van der Waals surface area contributed by atoms with Gasteiger partial charge in [-0.2, -0.15) is 0 Å². The lowest BCUT2D eigenvalue weighted by Gasteiger charge is -2.14. The predicted octanol–water partition coefficient (Wildman–Crippen LogP) is 2.41. The maximum atomic E-state index is 8.42. The summed E-state index contributed by atoms with van der Waals surface area (Å²) >= 11 is 0. The van der Waals surface area contributed by atoms with Gasteiger partial charge in [0.05, 0.1) is 6.10 Å². The third-order valence-electron chi connectivity index (χ3n) is 2.58. The number of hydrogen-bond donors (Lipinski definition) is 3. The van der Waals surface area contributed by atoms with Gasteiger partial charge in [-0.15, -0.1) is 0 Å². The van der Waals surface area contributed by atoms with Crippen LogP contribution in [0.15, 0.2) is 29.4 Å². The number of oxime groups is 1. The van der Waals surface area contributed by atoms with Gasteiger partial charge in [0.25, 0.3) is 0 Å². The van der Waals surface area contributed by atoms with Crippen molar-refractivity contribution in [2.45, 2.75) is 32.8 Å². The Balaban J connectivity index is 2.49. The number of amidine groups is 1. The van der Waals surface area contributed by atoms with Gasteiger partial charge in [0, 0.05) is 24.7 Å². The minimum absolute atomic E-state index is 0.206. The Kier molecular flexibility index (Phi) is 5.84. The molecule has 1 aromatic rings. The van der Waals surface area contributed by atoms with E-state index in [4.69, 9.17) is 15.7 Å². The summed E-state index contributed by atoms with van der Waals surface area (Å²) in [5, 5.41) is 14.5. The molecule has 18 heavy (non-hydrogen) atoms. The first-order chi connectivity index (χ1) is 8.65. The molecule has 1 rings (SSSR count). The Morgan fingerprint density at radius 3 is 3.00 bits per heavy atom. The van der Waals surface area contributed by atoms with Gasteiger partial charge in [0.2, 0.25) is 0 Å². The Morgan fingerprint density at radius 1 is 1.56 bits per heavy atom. The quantitative estimate of drug-likeness (QED) is 0.301. The normalized spacial score (nSPS) is 13.1. The highest BCUT2D eigenvalue weighted by atomic mass is 16.5. The van der Waals surface area contributed by atoms with Crippen LogP contribution >= 0.6 is 0 Å². The average molecular weight is 251 g/mol. The second kappa shape index (κ2) is 7.42. The smallest absolute Gasteiger partial charge is 0.140 e. The Hall–Kier alpha value is -1.91. The van der Waals surface area contributed by atoms with Crippen LogP contribution in [0.5, 0.6) is 5.75 Å². The van der Waals surface area contributed by atoms with Crippen molar-refractivity contribution in [1.82, 2.24) is 0 Å². The van der Waals surface area contributed by atoms with Crippen LogP contribution in [0.25, 0.3) is 0 Å². The molecule has 0 spiro atoms. The molecule has 0 radical (unpaired) electrons. The van der Waals surface area contributed by atoms with Gasteiger partial charge in [0.1, 0.15) is 11.6 Å². The molecule has 0 heterocycles. The highest BCUT2D eigenvalue weighted by molar-refractivity contribution is 5.80. The molecule has 5 nitrogen and oxygen atoms in total. The van der Waals surface area contributed by atoms with Crippen LogP contribution in [0.4, 0.5) is 5.69 Å². The minimum Gasteiger partial charge on any atom is -0.491 e. The molecule has 0 amide bonds. The highest BCUT2D eigenvalue weighted by Crippen LogP contribution is 2.19. The summed E-state index contributed by atoms with van der Waals surface area (Å²) in [6, 6.07) is 7.76. The van der Waals surface area contributed by atoms with Gasteiger partial charge in [-0.25, -0.2) is 0 Å². The van der Waals surface area contributed by atoms with Crippen LogP contribution in [0.3, 0.4) is 0 Å². The maximum Gasteiger partial charge on any atom is 0.140 e. The summed E-state index contributed by atoms with van der Waals surface area (Å²) in [5.41, 5.74) is 6.35. The molecule has 0 aromatic heterocycles. The fourth-order valence-electron chi connectivity index (χ4n) is 1.38. The number of ether oxygens (including phenoxy) is 1. The number of nitrogens with one attached hydrogen (secondary N) is 1. The van der Waals surface area contributed by atoms with E-state index in [1.54, 1.807) is 0 Å². The summed E-state index contributed by atoms with van der Waals surface area (Å²) in [6.45, 7) is 4.74. The summed E-state index contributed by atoms with van der Waals surface area (Å²) in [5.74, 6) is 1.06. The summed E-state index contributed by atoms with van der Waals surface area (Å²) in [6.07, 6.45) is 1.67. The minimum atomic E-state index is 0.206. The molecule has 0 aliphatic carbocycles. The summed E-state index contributed by atoms with van der Waals surface area (Å²) in [4.78, 5) is 0. The first-order valence-corrected chi connectivity index (χ1v) is 6.12. The largest absolute Gasteiger partial charge is 0.491 e. The standard InChI is InChI=1S/C13H21N3O2/c1-3-10(2)18-12-6-4-5-11(9-12)15-8-7-13(14)16-17/h4-6,9-10,15,17H,3,7-8H2,1-2H3,(H2,14,16). The topological polar surface area (TPSA) is 79.9 Å². The van der Waals surface area contributed by atoms with Gasteiger partial charge in [-0.1, -0.05) is 18.1 Å². The van der Waals surface area contributed by atoms with E-state index in [1.807, 2.05) is 31.2 Å². The molecule has 0 aliphatic rings. The van der Waals surface area contributed by atoms with Crippen LogP contribution < -0.4 is 15.8 Å². The fourth-order valence-corrected chi connectivity index (χ4v) is 1.38. The van der Waals surface area contributed by atoms with E-state index in [0.717, 1.165) is 17.9 Å². The third-order valence-corrected chi connectivity index (χ3v) is 2.58. The maximum absolute atomic E-state index is 8.42. The average Bonchev–Trinajstić information content (AvgIpc) is 2.38. The lowest BCUT2D eigenvalue weighted by Crippen LogP contribution is -2.16. The zero-order valence-electron chi connectivity index (χ0n) is 10.9. The van der Waals surface area contributed by atoms with Gasteiger partial charge < -0.3 is 21.0 Å². The van der Waals surface area contributed by atoms with E-state index in [-0.39, 0.29) is 11.9 Å². The first kappa shape index (κ1) is 14.2. The Bertz CT molecular complexity index is 394. The van der Waals surface area contributed by atoms with Crippen LogP contribution in [0.1, 0.15) is 26.7 Å². The van der Waals surface area contributed by atoms with Gasteiger partial charge in [-0.05, 0) is 25.5 Å². The van der Waals surface area contributed by atoms with E-state index in [1.165, 1.54) is 0 Å². The number of hydrogen-bond acceptors (Lipinski definition) is 4. The van der Waals surface area contributed by atoms with Gasteiger partial charge >= 0.3 is 0 Å². The second-order valence-corrected chi connectivity index (χ2v) is 4.13. The number of nitrogens with two attached hydrogens (primary N) is 1. The van der Waals surface area contributed by atoms with E-state index in [9.17, 15) is 0 Å². The first-order valence-electron chi connectivity index (χ1n) is 6.12. The lowest BCUT2D eigenvalue weighted by molar-refractivity contribution is 0.217. The van der Waals surface area contributed by atoms with Crippen LogP contribution in [0.2, 0.25) is 0 Å². The SMILES string of the molecule is CCC(C)Oc1cccc(NCCC(N)=NO)c1. The molecule has 5 heteroatoms. The highest BCUT2D eigenvalue weighted by Gasteiger charge is 2.02.